The van der Waals surface area contributed by atoms with Crippen molar-refractivity contribution in [3.05, 3.63) is 0 Å². The minimum atomic E-state index is -2.31. The van der Waals surface area contributed by atoms with Gasteiger partial charge in [-0.05, 0) is 6.92 Å². The summed E-state index contributed by atoms with van der Waals surface area (Å²) in [6, 6.07) is 0. The van der Waals surface area contributed by atoms with Crippen LogP contribution in [0.3, 0.4) is 0 Å². The first kappa shape index (κ1) is 24.5. The van der Waals surface area contributed by atoms with Crippen molar-refractivity contribution in [3.63, 3.8) is 0 Å². The SMILES string of the molecule is CC(O)C(=O)[O-].O=C([O-])[C@H](O)[C@@H](O)[C@H](O)[C@H](O)CO.[Mg+2]. The van der Waals surface area contributed by atoms with E-state index in [-0.39, 0.29) is 23.1 Å². The van der Waals surface area contributed by atoms with Gasteiger partial charge in [-0.2, -0.15) is 0 Å². The summed E-state index contributed by atoms with van der Waals surface area (Å²) in [5.74, 6) is -3.41. The topological polar surface area (TPSA) is 202 Å². The van der Waals surface area contributed by atoms with Crippen molar-refractivity contribution >= 4 is 35.0 Å². The van der Waals surface area contributed by atoms with E-state index in [0.717, 1.165) is 6.92 Å². The van der Waals surface area contributed by atoms with Crippen molar-refractivity contribution in [2.24, 2.45) is 0 Å². The van der Waals surface area contributed by atoms with Gasteiger partial charge in [0.25, 0.3) is 0 Å². The molecule has 20 heavy (non-hydrogen) atoms. The molecule has 0 amide bonds. The molecule has 0 aromatic heterocycles. The summed E-state index contributed by atoms with van der Waals surface area (Å²) < 4.78 is 0. The molecule has 0 heterocycles. The maximum absolute atomic E-state index is 9.98. The minimum Gasteiger partial charge on any atom is -0.547 e. The van der Waals surface area contributed by atoms with Crippen LogP contribution in [0.15, 0.2) is 0 Å². The molecule has 114 valence electrons. The van der Waals surface area contributed by atoms with E-state index in [2.05, 4.69) is 0 Å². The number of rotatable bonds is 6. The van der Waals surface area contributed by atoms with E-state index in [9.17, 15) is 19.8 Å². The van der Waals surface area contributed by atoms with E-state index in [0.29, 0.717) is 0 Å². The van der Waals surface area contributed by atoms with Gasteiger partial charge in [-0.25, -0.2) is 0 Å². The molecule has 11 heteroatoms. The number of carboxylic acid groups (broad SMARTS) is 2. The zero-order valence-electron chi connectivity index (χ0n) is 10.6. The van der Waals surface area contributed by atoms with Gasteiger partial charge in [-0.15, -0.1) is 0 Å². The summed E-state index contributed by atoms with van der Waals surface area (Å²) in [5, 5.41) is 70.7. The van der Waals surface area contributed by atoms with Gasteiger partial charge in [0.15, 0.2) is 0 Å². The molecule has 0 spiro atoms. The van der Waals surface area contributed by atoms with Crippen LogP contribution in [0.1, 0.15) is 6.92 Å². The van der Waals surface area contributed by atoms with Crippen LogP contribution < -0.4 is 10.2 Å². The third kappa shape index (κ3) is 10.3. The van der Waals surface area contributed by atoms with Crippen molar-refractivity contribution in [2.45, 2.75) is 37.4 Å². The molecule has 0 aromatic carbocycles. The molecule has 0 aliphatic carbocycles. The number of carboxylic acids is 2. The van der Waals surface area contributed by atoms with Crippen LogP contribution >= 0.6 is 0 Å². The van der Waals surface area contributed by atoms with E-state index >= 15 is 0 Å². The summed E-state index contributed by atoms with van der Waals surface area (Å²) in [6.07, 6.45) is -9.42. The molecule has 0 radical (unpaired) electrons. The van der Waals surface area contributed by atoms with Crippen LogP contribution in [0.2, 0.25) is 0 Å². The largest absolute Gasteiger partial charge is 2.00 e. The number of aliphatic carboxylic acids is 2. The maximum Gasteiger partial charge on any atom is 2.00 e. The Bertz CT molecular complexity index is 284. The second kappa shape index (κ2) is 12.2. The molecule has 0 saturated carbocycles. The molecule has 0 rings (SSSR count). The molecule has 0 fully saturated rings. The number of carbonyl (C=O) groups is 2. The number of aliphatic hydroxyl groups excluding tert-OH is 6. The van der Waals surface area contributed by atoms with Crippen LogP contribution in [-0.4, -0.2) is 103 Å². The zero-order valence-corrected chi connectivity index (χ0v) is 12.0. The van der Waals surface area contributed by atoms with Crippen molar-refractivity contribution in [1.82, 2.24) is 0 Å². The Morgan fingerprint density at radius 3 is 1.50 bits per heavy atom. The molecule has 0 aliphatic heterocycles. The number of hydrogen-bond donors (Lipinski definition) is 6. The molecule has 0 aromatic rings. The predicted molar refractivity (Wildman–Crippen MR) is 58.6 cm³/mol. The third-order valence-corrected chi connectivity index (χ3v) is 1.84. The second-order valence-electron chi connectivity index (χ2n) is 3.49. The first-order valence-electron chi connectivity index (χ1n) is 4.99. The molecule has 0 bridgehead atoms. The first-order chi connectivity index (χ1) is 8.56. The summed E-state index contributed by atoms with van der Waals surface area (Å²) in [4.78, 5) is 19.3. The fourth-order valence-corrected chi connectivity index (χ4v) is 0.662. The van der Waals surface area contributed by atoms with Crippen LogP contribution in [0.4, 0.5) is 0 Å². The standard InChI is InChI=1S/C6H12O7.C3H6O3.Mg/c7-1-2(8)3(9)4(10)5(11)6(12)13;1-2(4)3(5)6;/h2-5,7-11H,1H2,(H,12,13);2,4H,1H3,(H,5,6);/q;;+2/p-2/t2-,3-,4+,5-;;/m1../s1. The Labute approximate surface area is 130 Å². The smallest absolute Gasteiger partial charge is 0.547 e. The van der Waals surface area contributed by atoms with E-state index in [1.807, 2.05) is 0 Å². The van der Waals surface area contributed by atoms with Gasteiger partial charge < -0.3 is 50.4 Å². The van der Waals surface area contributed by atoms with Crippen molar-refractivity contribution < 1.29 is 50.4 Å². The summed E-state index contributed by atoms with van der Waals surface area (Å²) in [5.41, 5.74) is 0. The fourth-order valence-electron chi connectivity index (χ4n) is 0.662. The first-order valence-corrected chi connectivity index (χ1v) is 4.99. The summed E-state index contributed by atoms with van der Waals surface area (Å²) in [6.45, 7) is 0.271. The minimum absolute atomic E-state index is 0. The Morgan fingerprint density at radius 1 is 0.950 bits per heavy atom. The van der Waals surface area contributed by atoms with Crippen molar-refractivity contribution in [3.8, 4) is 0 Å². The number of aliphatic hydroxyl groups is 6. The average molecular weight is 309 g/mol. The van der Waals surface area contributed by atoms with Gasteiger partial charge in [0.2, 0.25) is 0 Å². The maximum atomic E-state index is 9.98. The van der Waals surface area contributed by atoms with Crippen LogP contribution in [0, 0.1) is 0 Å². The van der Waals surface area contributed by atoms with Gasteiger partial charge >= 0.3 is 23.1 Å². The van der Waals surface area contributed by atoms with E-state index < -0.39 is 49.1 Å². The van der Waals surface area contributed by atoms with E-state index in [1.165, 1.54) is 0 Å². The van der Waals surface area contributed by atoms with Crippen molar-refractivity contribution in [2.75, 3.05) is 6.61 Å². The molecular weight excluding hydrogens is 292 g/mol. The monoisotopic (exact) mass is 308 g/mol. The van der Waals surface area contributed by atoms with Crippen LogP contribution in [0.25, 0.3) is 0 Å². The fraction of sp³-hybridized carbons (Fsp3) is 0.778. The number of carbonyl (C=O) groups excluding carboxylic acids is 2. The summed E-state index contributed by atoms with van der Waals surface area (Å²) >= 11 is 0. The predicted octanol–water partition coefficient (Wildman–Crippen LogP) is -7.09. The Morgan fingerprint density at radius 2 is 1.30 bits per heavy atom. The molecule has 0 saturated heterocycles. The molecule has 0 aliphatic rings. The molecule has 5 atom stereocenters. The molecular formula is C9H16MgO10. The van der Waals surface area contributed by atoms with E-state index in [1.54, 1.807) is 0 Å². The van der Waals surface area contributed by atoms with Gasteiger partial charge in [-0.3, -0.25) is 0 Å². The van der Waals surface area contributed by atoms with Gasteiger partial charge in [0.05, 0.1) is 24.6 Å². The third-order valence-electron chi connectivity index (χ3n) is 1.84. The zero-order chi connectivity index (χ0) is 15.7. The van der Waals surface area contributed by atoms with E-state index in [4.69, 9.17) is 30.6 Å². The molecule has 10 nitrogen and oxygen atoms in total. The van der Waals surface area contributed by atoms with Gasteiger partial charge in [0.1, 0.15) is 24.4 Å². The van der Waals surface area contributed by atoms with Crippen LogP contribution in [-0.2, 0) is 9.59 Å². The van der Waals surface area contributed by atoms with Crippen LogP contribution in [0.5, 0.6) is 0 Å². The van der Waals surface area contributed by atoms with Crippen molar-refractivity contribution in [1.29, 1.82) is 0 Å². The molecule has 1 unspecified atom stereocenters. The quantitative estimate of drug-likeness (QED) is 0.256. The summed E-state index contributed by atoms with van der Waals surface area (Å²) in [7, 11) is 0. The molecule has 6 N–H and O–H groups in total. The van der Waals surface area contributed by atoms with Gasteiger partial charge in [0, 0.05) is 0 Å². The average Bonchev–Trinajstić information content (AvgIpc) is 2.35. The number of hydrogen-bond acceptors (Lipinski definition) is 10. The second-order valence-corrected chi connectivity index (χ2v) is 3.49. The van der Waals surface area contributed by atoms with Gasteiger partial charge in [-0.1, -0.05) is 0 Å². The Balaban J connectivity index is -0.000000352. The Hall–Kier alpha value is -0.534. The Kier molecular flexibility index (Phi) is 15.0. The normalized spacial score (nSPS) is 17.4.